The first-order valence-corrected chi connectivity index (χ1v) is 6.17. The Kier molecular flexibility index (Phi) is 3.95. The van der Waals surface area contributed by atoms with Crippen LogP contribution >= 0.6 is 12.4 Å². The van der Waals surface area contributed by atoms with E-state index in [0.717, 1.165) is 18.7 Å². The number of amides is 2. The molecule has 0 atom stereocenters. The summed E-state index contributed by atoms with van der Waals surface area (Å²) in [4.78, 5) is 25.2. The zero-order valence-corrected chi connectivity index (χ0v) is 11.3. The smallest absolute Gasteiger partial charge is 0.254 e. The molecular weight excluding hydrogens is 266 g/mol. The normalized spacial score (nSPS) is 17.1. The Morgan fingerprint density at radius 1 is 1.21 bits per heavy atom. The van der Waals surface area contributed by atoms with Gasteiger partial charge in [0.1, 0.15) is 0 Å². The predicted molar refractivity (Wildman–Crippen MR) is 74.8 cm³/mol. The number of halogens is 1. The highest BCUT2D eigenvalue weighted by Crippen LogP contribution is 2.23. The third-order valence-corrected chi connectivity index (χ3v) is 3.39. The molecule has 0 saturated carbocycles. The molecule has 6 heteroatoms. The number of rotatable bonds is 1. The van der Waals surface area contributed by atoms with Crippen LogP contribution in [0.1, 0.15) is 15.9 Å². The number of fused-ring (bicyclic) bond motifs is 1. The molecule has 0 spiro atoms. The van der Waals surface area contributed by atoms with Crippen molar-refractivity contribution in [1.29, 1.82) is 0 Å². The Balaban J connectivity index is 0.00000133. The van der Waals surface area contributed by atoms with Crippen LogP contribution in [0.3, 0.4) is 0 Å². The summed E-state index contributed by atoms with van der Waals surface area (Å²) in [5.74, 6) is -0.142. The number of piperazine rings is 1. The summed E-state index contributed by atoms with van der Waals surface area (Å²) in [6.07, 6.45) is 0.955. The minimum Gasteiger partial charge on any atom is -0.384 e. The number of anilines is 1. The monoisotopic (exact) mass is 281 g/mol. The van der Waals surface area contributed by atoms with Gasteiger partial charge in [0, 0.05) is 30.9 Å². The lowest BCUT2D eigenvalue weighted by molar-refractivity contribution is -0.123. The minimum absolute atomic E-state index is 0. The number of carbonyl (C=O) groups is 2. The van der Waals surface area contributed by atoms with Crippen molar-refractivity contribution in [1.82, 2.24) is 10.2 Å². The first-order chi connectivity index (χ1) is 8.74. The molecular formula is C13H16ClN3O2. The van der Waals surface area contributed by atoms with Crippen LogP contribution in [-0.2, 0) is 11.2 Å². The SMILES string of the molecule is Cl.O=C1CN(C(=O)c2ccc3c(c2)CCN3)CCN1. The summed E-state index contributed by atoms with van der Waals surface area (Å²) in [5.41, 5.74) is 2.97. The van der Waals surface area contributed by atoms with E-state index in [-0.39, 0.29) is 30.8 Å². The molecule has 2 amide bonds. The Hall–Kier alpha value is -1.75. The molecule has 0 aromatic heterocycles. The van der Waals surface area contributed by atoms with E-state index in [1.54, 1.807) is 4.90 Å². The van der Waals surface area contributed by atoms with E-state index in [0.29, 0.717) is 18.7 Å². The zero-order valence-electron chi connectivity index (χ0n) is 10.4. The van der Waals surface area contributed by atoms with E-state index < -0.39 is 0 Å². The Morgan fingerprint density at radius 2 is 2.05 bits per heavy atom. The van der Waals surface area contributed by atoms with Gasteiger partial charge in [-0.2, -0.15) is 0 Å². The second-order valence-corrected chi connectivity index (χ2v) is 4.63. The summed E-state index contributed by atoms with van der Waals surface area (Å²) in [5, 5.41) is 5.98. The lowest BCUT2D eigenvalue weighted by Gasteiger charge is -2.26. The topological polar surface area (TPSA) is 61.4 Å². The number of nitrogens with zero attached hydrogens (tertiary/aromatic N) is 1. The zero-order chi connectivity index (χ0) is 12.5. The van der Waals surface area contributed by atoms with Gasteiger partial charge in [-0.1, -0.05) is 0 Å². The second-order valence-electron chi connectivity index (χ2n) is 4.63. The molecule has 0 aliphatic carbocycles. The van der Waals surface area contributed by atoms with Crippen molar-refractivity contribution in [2.45, 2.75) is 6.42 Å². The van der Waals surface area contributed by atoms with Gasteiger partial charge in [0.15, 0.2) is 0 Å². The molecule has 2 aliphatic rings. The maximum Gasteiger partial charge on any atom is 0.254 e. The average molecular weight is 282 g/mol. The third kappa shape index (κ3) is 2.66. The number of nitrogens with one attached hydrogen (secondary N) is 2. The largest absolute Gasteiger partial charge is 0.384 e. The molecule has 2 N–H and O–H groups in total. The first kappa shape index (κ1) is 13.7. The van der Waals surface area contributed by atoms with Crippen molar-refractivity contribution < 1.29 is 9.59 Å². The van der Waals surface area contributed by atoms with Crippen LogP contribution in [0, 0.1) is 0 Å². The first-order valence-electron chi connectivity index (χ1n) is 6.17. The fourth-order valence-corrected chi connectivity index (χ4v) is 2.43. The molecule has 3 rings (SSSR count). The van der Waals surface area contributed by atoms with Crippen molar-refractivity contribution >= 4 is 29.9 Å². The van der Waals surface area contributed by atoms with Crippen LogP contribution in [0.2, 0.25) is 0 Å². The minimum atomic E-state index is -0.0857. The summed E-state index contributed by atoms with van der Waals surface area (Å²) in [6.45, 7) is 2.21. The van der Waals surface area contributed by atoms with Crippen LogP contribution in [0.25, 0.3) is 0 Å². The summed E-state index contributed by atoms with van der Waals surface area (Å²) in [7, 11) is 0. The Morgan fingerprint density at radius 3 is 2.84 bits per heavy atom. The van der Waals surface area contributed by atoms with E-state index in [9.17, 15) is 9.59 Å². The predicted octanol–water partition coefficient (Wildman–Crippen LogP) is 0.648. The Bertz CT molecular complexity index is 519. The van der Waals surface area contributed by atoms with Crippen LogP contribution < -0.4 is 10.6 Å². The van der Waals surface area contributed by atoms with Gasteiger partial charge in [-0.3, -0.25) is 9.59 Å². The molecule has 19 heavy (non-hydrogen) atoms. The summed E-state index contributed by atoms with van der Waals surface area (Å²) in [6, 6.07) is 5.70. The molecule has 102 valence electrons. The quantitative estimate of drug-likeness (QED) is 0.794. The molecule has 2 aliphatic heterocycles. The van der Waals surface area contributed by atoms with Gasteiger partial charge < -0.3 is 15.5 Å². The molecule has 5 nitrogen and oxygen atoms in total. The third-order valence-electron chi connectivity index (χ3n) is 3.39. The number of benzene rings is 1. The van der Waals surface area contributed by atoms with E-state index in [4.69, 9.17) is 0 Å². The summed E-state index contributed by atoms with van der Waals surface area (Å²) >= 11 is 0. The van der Waals surface area contributed by atoms with Crippen LogP contribution in [0.15, 0.2) is 18.2 Å². The molecule has 0 radical (unpaired) electrons. The van der Waals surface area contributed by atoms with Crippen molar-refractivity contribution in [2.75, 3.05) is 31.5 Å². The van der Waals surface area contributed by atoms with Crippen molar-refractivity contribution in [3.05, 3.63) is 29.3 Å². The highest BCUT2D eigenvalue weighted by atomic mass is 35.5. The van der Waals surface area contributed by atoms with Crippen molar-refractivity contribution in [3.8, 4) is 0 Å². The van der Waals surface area contributed by atoms with Crippen LogP contribution in [-0.4, -0.2) is 42.9 Å². The van der Waals surface area contributed by atoms with E-state index >= 15 is 0 Å². The van der Waals surface area contributed by atoms with Gasteiger partial charge in [-0.05, 0) is 30.2 Å². The molecule has 2 heterocycles. The van der Waals surface area contributed by atoms with Crippen molar-refractivity contribution in [2.24, 2.45) is 0 Å². The van der Waals surface area contributed by atoms with Gasteiger partial charge in [0.05, 0.1) is 6.54 Å². The second kappa shape index (κ2) is 5.48. The lowest BCUT2D eigenvalue weighted by atomic mass is 10.1. The maximum absolute atomic E-state index is 12.3. The highest BCUT2D eigenvalue weighted by molar-refractivity contribution is 5.97. The summed E-state index contributed by atoms with van der Waals surface area (Å²) < 4.78 is 0. The van der Waals surface area contributed by atoms with Crippen LogP contribution in [0.5, 0.6) is 0 Å². The van der Waals surface area contributed by atoms with E-state index in [1.165, 1.54) is 5.56 Å². The van der Waals surface area contributed by atoms with Gasteiger partial charge in [0.25, 0.3) is 5.91 Å². The van der Waals surface area contributed by atoms with Crippen molar-refractivity contribution in [3.63, 3.8) is 0 Å². The molecule has 1 fully saturated rings. The van der Waals surface area contributed by atoms with Gasteiger partial charge in [-0.15, -0.1) is 12.4 Å². The molecule has 0 unspecified atom stereocenters. The highest BCUT2D eigenvalue weighted by Gasteiger charge is 2.23. The van der Waals surface area contributed by atoms with Gasteiger partial charge in [0.2, 0.25) is 5.91 Å². The number of carbonyl (C=O) groups excluding carboxylic acids is 2. The molecule has 1 aromatic carbocycles. The maximum atomic E-state index is 12.3. The standard InChI is InChI=1S/C13H15N3O2.ClH/c17-12-8-16(6-5-15-12)13(18)10-1-2-11-9(7-10)3-4-14-11;/h1-2,7,14H,3-6,8H2,(H,15,17);1H. The number of hydrogen-bond donors (Lipinski definition) is 2. The van der Waals surface area contributed by atoms with E-state index in [2.05, 4.69) is 10.6 Å². The number of hydrogen-bond acceptors (Lipinski definition) is 3. The average Bonchev–Trinajstić information content (AvgIpc) is 2.85. The molecule has 1 aromatic rings. The Labute approximate surface area is 117 Å². The molecule has 1 saturated heterocycles. The van der Waals surface area contributed by atoms with E-state index in [1.807, 2.05) is 18.2 Å². The van der Waals surface area contributed by atoms with Gasteiger partial charge >= 0.3 is 0 Å². The molecule has 0 bridgehead atoms. The fourth-order valence-electron chi connectivity index (χ4n) is 2.43. The lowest BCUT2D eigenvalue weighted by Crippen LogP contribution is -2.49. The van der Waals surface area contributed by atoms with Gasteiger partial charge in [-0.25, -0.2) is 0 Å². The fraction of sp³-hybridized carbons (Fsp3) is 0.385. The van der Waals surface area contributed by atoms with Crippen LogP contribution in [0.4, 0.5) is 5.69 Å².